The molecule has 1 aromatic heterocycles. The van der Waals surface area contributed by atoms with Gasteiger partial charge in [-0.1, -0.05) is 18.0 Å². The van der Waals surface area contributed by atoms with Gasteiger partial charge in [-0.15, -0.1) is 11.8 Å². The van der Waals surface area contributed by atoms with E-state index in [2.05, 4.69) is 16.4 Å². The van der Waals surface area contributed by atoms with Crippen molar-refractivity contribution in [3.05, 3.63) is 23.4 Å². The van der Waals surface area contributed by atoms with Gasteiger partial charge in [0, 0.05) is 6.20 Å². The Labute approximate surface area is 123 Å². The van der Waals surface area contributed by atoms with Crippen molar-refractivity contribution in [2.75, 3.05) is 12.8 Å². The molecular formula is C14H18ClN3S. The fraction of sp³-hybridized carbons (Fsp3) is 0.571. The Morgan fingerprint density at radius 2 is 2.47 bits per heavy atom. The molecule has 0 saturated heterocycles. The van der Waals surface area contributed by atoms with E-state index in [1.165, 1.54) is 0 Å². The quantitative estimate of drug-likeness (QED) is 0.845. The molecule has 0 bridgehead atoms. The van der Waals surface area contributed by atoms with E-state index in [-0.39, 0.29) is 5.54 Å². The van der Waals surface area contributed by atoms with Crippen molar-refractivity contribution < 1.29 is 0 Å². The Morgan fingerprint density at radius 1 is 1.63 bits per heavy atom. The first-order valence-electron chi connectivity index (χ1n) is 6.55. The SMILES string of the molecule is CNC1(C#N)CCCC1CCSc1ccc(Cl)cn1. The van der Waals surface area contributed by atoms with Gasteiger partial charge in [-0.3, -0.25) is 0 Å². The Kier molecular flexibility index (Phi) is 5.09. The topological polar surface area (TPSA) is 48.7 Å². The van der Waals surface area contributed by atoms with E-state index < -0.39 is 0 Å². The minimum Gasteiger partial charge on any atom is -0.302 e. The molecule has 3 nitrogen and oxygen atoms in total. The van der Waals surface area contributed by atoms with E-state index in [0.29, 0.717) is 10.9 Å². The van der Waals surface area contributed by atoms with Gasteiger partial charge in [0.25, 0.3) is 0 Å². The van der Waals surface area contributed by atoms with Gasteiger partial charge in [0.1, 0.15) is 5.54 Å². The first kappa shape index (κ1) is 14.6. The van der Waals surface area contributed by atoms with Gasteiger partial charge in [0.15, 0.2) is 0 Å². The molecule has 102 valence electrons. The molecule has 2 unspecified atom stereocenters. The highest BCUT2D eigenvalue weighted by Gasteiger charge is 2.41. The molecular weight excluding hydrogens is 278 g/mol. The second kappa shape index (κ2) is 6.60. The van der Waals surface area contributed by atoms with Crippen LogP contribution in [0.25, 0.3) is 0 Å². The number of thioether (sulfide) groups is 1. The predicted molar refractivity (Wildman–Crippen MR) is 79.3 cm³/mol. The zero-order valence-corrected chi connectivity index (χ0v) is 12.6. The van der Waals surface area contributed by atoms with Crippen LogP contribution in [-0.2, 0) is 0 Å². The average Bonchev–Trinajstić information content (AvgIpc) is 2.84. The molecule has 5 heteroatoms. The Bertz CT molecular complexity index is 457. The number of hydrogen-bond acceptors (Lipinski definition) is 4. The van der Waals surface area contributed by atoms with Crippen LogP contribution in [-0.4, -0.2) is 23.3 Å². The van der Waals surface area contributed by atoms with Gasteiger partial charge in [0.05, 0.1) is 16.1 Å². The van der Waals surface area contributed by atoms with E-state index in [9.17, 15) is 5.26 Å². The summed E-state index contributed by atoms with van der Waals surface area (Å²) in [5.74, 6) is 1.44. The van der Waals surface area contributed by atoms with Gasteiger partial charge >= 0.3 is 0 Å². The molecule has 1 N–H and O–H groups in total. The summed E-state index contributed by atoms with van der Waals surface area (Å²) in [6.07, 6.45) is 5.97. The van der Waals surface area contributed by atoms with Crippen LogP contribution >= 0.6 is 23.4 Å². The van der Waals surface area contributed by atoms with Crippen molar-refractivity contribution in [2.24, 2.45) is 5.92 Å². The molecule has 2 rings (SSSR count). The third kappa shape index (κ3) is 3.42. The van der Waals surface area contributed by atoms with Crippen LogP contribution in [0, 0.1) is 17.2 Å². The molecule has 0 spiro atoms. The van der Waals surface area contributed by atoms with Crippen molar-refractivity contribution in [2.45, 2.75) is 36.2 Å². The molecule has 0 aliphatic heterocycles. The van der Waals surface area contributed by atoms with Crippen molar-refractivity contribution in [1.82, 2.24) is 10.3 Å². The maximum Gasteiger partial charge on any atom is 0.109 e. The molecule has 0 amide bonds. The highest BCUT2D eigenvalue weighted by molar-refractivity contribution is 7.99. The van der Waals surface area contributed by atoms with E-state index in [0.717, 1.165) is 36.5 Å². The lowest BCUT2D eigenvalue weighted by Crippen LogP contribution is -2.44. The summed E-state index contributed by atoms with van der Waals surface area (Å²) < 4.78 is 0. The lowest BCUT2D eigenvalue weighted by atomic mass is 9.87. The van der Waals surface area contributed by atoms with Gasteiger partial charge in [0.2, 0.25) is 0 Å². The lowest BCUT2D eigenvalue weighted by molar-refractivity contribution is 0.332. The van der Waals surface area contributed by atoms with E-state index in [4.69, 9.17) is 11.6 Å². The molecule has 0 radical (unpaired) electrons. The van der Waals surface area contributed by atoms with Crippen LogP contribution in [0.5, 0.6) is 0 Å². The predicted octanol–water partition coefficient (Wildman–Crippen LogP) is 3.50. The highest BCUT2D eigenvalue weighted by atomic mass is 35.5. The highest BCUT2D eigenvalue weighted by Crippen LogP contribution is 2.38. The number of nitrogens with zero attached hydrogens (tertiary/aromatic N) is 2. The van der Waals surface area contributed by atoms with E-state index in [1.807, 2.05) is 19.2 Å². The van der Waals surface area contributed by atoms with Crippen LogP contribution in [0.15, 0.2) is 23.4 Å². The average molecular weight is 296 g/mol. The molecule has 1 heterocycles. The summed E-state index contributed by atoms with van der Waals surface area (Å²) in [5, 5.41) is 14.3. The number of nitriles is 1. The normalized spacial score (nSPS) is 26.3. The third-order valence-corrected chi connectivity index (χ3v) is 5.08. The Morgan fingerprint density at radius 3 is 3.11 bits per heavy atom. The molecule has 19 heavy (non-hydrogen) atoms. The number of aromatic nitrogens is 1. The molecule has 1 aromatic rings. The van der Waals surface area contributed by atoms with Crippen molar-refractivity contribution in [1.29, 1.82) is 5.26 Å². The van der Waals surface area contributed by atoms with Crippen LogP contribution in [0.2, 0.25) is 5.02 Å². The summed E-state index contributed by atoms with van der Waals surface area (Å²) in [6, 6.07) is 6.28. The Hall–Kier alpha value is -0.760. The van der Waals surface area contributed by atoms with Crippen LogP contribution < -0.4 is 5.32 Å². The van der Waals surface area contributed by atoms with Gasteiger partial charge < -0.3 is 5.32 Å². The van der Waals surface area contributed by atoms with Crippen molar-refractivity contribution >= 4 is 23.4 Å². The fourth-order valence-corrected chi connectivity index (χ4v) is 3.77. The summed E-state index contributed by atoms with van der Waals surface area (Å²) in [5.41, 5.74) is -0.312. The maximum absolute atomic E-state index is 9.39. The van der Waals surface area contributed by atoms with Crippen LogP contribution in [0.3, 0.4) is 0 Å². The number of nitrogens with one attached hydrogen (secondary N) is 1. The molecule has 2 atom stereocenters. The number of hydrogen-bond donors (Lipinski definition) is 1. The second-order valence-electron chi connectivity index (χ2n) is 4.87. The van der Waals surface area contributed by atoms with E-state index in [1.54, 1.807) is 18.0 Å². The van der Waals surface area contributed by atoms with Crippen molar-refractivity contribution in [3.63, 3.8) is 0 Å². The van der Waals surface area contributed by atoms with Gasteiger partial charge in [-0.2, -0.15) is 5.26 Å². The third-order valence-electron chi connectivity index (χ3n) is 3.88. The smallest absolute Gasteiger partial charge is 0.109 e. The summed E-state index contributed by atoms with van der Waals surface area (Å²) in [6.45, 7) is 0. The monoisotopic (exact) mass is 295 g/mol. The molecule has 1 aliphatic rings. The van der Waals surface area contributed by atoms with Gasteiger partial charge in [-0.25, -0.2) is 4.98 Å². The van der Waals surface area contributed by atoms with Crippen LogP contribution in [0.4, 0.5) is 0 Å². The first-order chi connectivity index (χ1) is 9.20. The zero-order valence-electron chi connectivity index (χ0n) is 11.0. The lowest BCUT2D eigenvalue weighted by Gasteiger charge is -2.28. The summed E-state index contributed by atoms with van der Waals surface area (Å²) in [7, 11) is 1.90. The number of rotatable bonds is 5. The first-order valence-corrected chi connectivity index (χ1v) is 7.91. The minimum absolute atomic E-state index is 0.312. The van der Waals surface area contributed by atoms with Crippen molar-refractivity contribution in [3.8, 4) is 6.07 Å². The summed E-state index contributed by atoms with van der Waals surface area (Å²) in [4.78, 5) is 4.27. The van der Waals surface area contributed by atoms with Crippen LogP contribution in [0.1, 0.15) is 25.7 Å². The maximum atomic E-state index is 9.39. The molecule has 1 fully saturated rings. The van der Waals surface area contributed by atoms with E-state index >= 15 is 0 Å². The number of halogens is 1. The largest absolute Gasteiger partial charge is 0.302 e. The standard InChI is InChI=1S/C14H18ClN3S/c1-17-14(10-16)7-2-3-11(14)6-8-19-13-5-4-12(15)9-18-13/h4-5,9,11,17H,2-3,6-8H2,1H3. The van der Waals surface area contributed by atoms with Gasteiger partial charge in [-0.05, 0) is 50.1 Å². The molecule has 1 saturated carbocycles. The fourth-order valence-electron chi connectivity index (χ4n) is 2.75. The summed E-state index contributed by atoms with van der Waals surface area (Å²) >= 11 is 7.54. The Balaban J connectivity index is 1.86. The molecule has 0 aromatic carbocycles. The number of pyridine rings is 1. The second-order valence-corrected chi connectivity index (χ2v) is 6.43. The minimum atomic E-state index is -0.312. The zero-order chi connectivity index (χ0) is 13.7. The molecule has 1 aliphatic carbocycles.